The van der Waals surface area contributed by atoms with Gasteiger partial charge in [-0.1, -0.05) is 24.3 Å². The van der Waals surface area contributed by atoms with Gasteiger partial charge in [-0.05, 0) is 47.5 Å². The summed E-state index contributed by atoms with van der Waals surface area (Å²) in [6.45, 7) is 1.73. The van der Waals surface area contributed by atoms with Crippen LogP contribution >= 0.6 is 0 Å². The normalized spacial score (nSPS) is 12.4. The Morgan fingerprint density at radius 1 is 0.707 bits per heavy atom. The topological polar surface area (TPSA) is 141 Å². The van der Waals surface area contributed by atoms with E-state index < -0.39 is 22.1 Å². The van der Waals surface area contributed by atoms with E-state index in [1.54, 1.807) is 43.4 Å². The molecule has 0 spiro atoms. The molecule has 0 fully saturated rings. The van der Waals surface area contributed by atoms with Gasteiger partial charge in [0, 0.05) is 25.5 Å². The molecule has 0 aliphatic carbocycles. The van der Waals surface area contributed by atoms with Crippen molar-refractivity contribution in [3.05, 3.63) is 84.2 Å². The third kappa shape index (κ3) is 9.88. The summed E-state index contributed by atoms with van der Waals surface area (Å²) >= 11 is -1.49. The Hall–Kier alpha value is -3.40. The molecule has 2 unspecified atom stereocenters. The fourth-order valence-corrected chi connectivity index (χ4v) is 5.25. The number of ether oxygens (including phenoxy) is 2. The summed E-state index contributed by atoms with van der Waals surface area (Å²) in [4.78, 5) is 0. The second kappa shape index (κ2) is 16.8. The fraction of sp³-hybridized carbons (Fsp3) is 0.333. The Balaban J connectivity index is 0.000000322. The van der Waals surface area contributed by atoms with E-state index in [1.807, 2.05) is 52.8 Å². The number of hydrogen-bond donors (Lipinski definition) is 2. The highest BCUT2D eigenvalue weighted by atomic mass is 32.2. The number of rotatable bonds is 14. The molecular formula is C27H35N5O7S2. The molecule has 0 saturated carbocycles. The molecule has 0 saturated heterocycles. The van der Waals surface area contributed by atoms with Gasteiger partial charge in [0.15, 0.2) is 10.1 Å². The Bertz CT molecular complexity index is 1330. The quantitative estimate of drug-likeness (QED) is 0.221. The number of nitrogens with zero attached hydrogens (tertiary/aromatic N) is 5. The number of aliphatic hydroxyl groups excluding tert-OH is 2. The molecule has 4 rings (SSSR count). The predicted octanol–water partition coefficient (Wildman–Crippen LogP) is 2.16. The molecule has 4 aromatic rings. The molecule has 2 aromatic heterocycles. The zero-order valence-corrected chi connectivity index (χ0v) is 24.8. The summed E-state index contributed by atoms with van der Waals surface area (Å²) in [5.74, 6) is 1.55. The van der Waals surface area contributed by atoms with Crippen molar-refractivity contribution in [3.8, 4) is 11.5 Å². The van der Waals surface area contributed by atoms with Crippen molar-refractivity contribution in [3.63, 3.8) is 0 Å². The zero-order chi connectivity index (χ0) is 29.6. The van der Waals surface area contributed by atoms with Crippen molar-refractivity contribution in [1.29, 1.82) is 0 Å². The van der Waals surface area contributed by atoms with Gasteiger partial charge in [0.05, 0.1) is 47.6 Å². The Morgan fingerprint density at radius 2 is 1.15 bits per heavy atom. The van der Waals surface area contributed by atoms with E-state index in [-0.39, 0.29) is 13.2 Å². The number of aromatic nitrogens is 4. The predicted molar refractivity (Wildman–Crippen MR) is 154 cm³/mol. The third-order valence-electron chi connectivity index (χ3n) is 5.66. The largest absolute Gasteiger partial charge is 0.497 e. The Kier molecular flexibility index (Phi) is 13.1. The van der Waals surface area contributed by atoms with E-state index in [4.69, 9.17) is 19.7 Å². The van der Waals surface area contributed by atoms with Crippen LogP contribution in [0.3, 0.4) is 0 Å². The van der Waals surface area contributed by atoms with E-state index in [0.29, 0.717) is 36.2 Å². The zero-order valence-electron chi connectivity index (χ0n) is 23.2. The second-order valence-electron chi connectivity index (χ2n) is 8.43. The van der Waals surface area contributed by atoms with Crippen molar-refractivity contribution in [2.75, 3.05) is 34.5 Å². The molecule has 2 atom stereocenters. The Labute approximate surface area is 244 Å². The van der Waals surface area contributed by atoms with Crippen LogP contribution in [0.25, 0.3) is 0 Å². The molecule has 0 bridgehead atoms. The first-order chi connectivity index (χ1) is 19.9. The van der Waals surface area contributed by atoms with Crippen LogP contribution in [0.2, 0.25) is 0 Å². The Morgan fingerprint density at radius 3 is 1.56 bits per heavy atom. The molecule has 0 amide bonds. The summed E-state index contributed by atoms with van der Waals surface area (Å²) in [5.41, 5.74) is 2.03. The summed E-state index contributed by atoms with van der Waals surface area (Å²) in [5, 5.41) is 26.7. The number of hydrogen-bond acceptors (Lipinski definition) is 9. The lowest BCUT2D eigenvalue weighted by Crippen LogP contribution is -2.26. The van der Waals surface area contributed by atoms with Crippen LogP contribution in [0.1, 0.15) is 11.1 Å². The maximum Gasteiger partial charge on any atom is 0.209 e. The van der Waals surface area contributed by atoms with E-state index in [9.17, 15) is 8.42 Å². The monoisotopic (exact) mass is 605 g/mol. The van der Waals surface area contributed by atoms with E-state index >= 15 is 0 Å². The van der Waals surface area contributed by atoms with Gasteiger partial charge in [0.25, 0.3) is 0 Å². The summed E-state index contributed by atoms with van der Waals surface area (Å²) < 4.78 is 44.2. The van der Waals surface area contributed by atoms with Crippen LogP contribution in [0.5, 0.6) is 11.5 Å². The second-order valence-corrected chi connectivity index (χ2v) is 11.1. The molecule has 0 aliphatic rings. The summed E-state index contributed by atoms with van der Waals surface area (Å²) in [7, 11) is 3.14. The lowest BCUT2D eigenvalue weighted by Gasteiger charge is -2.20. The van der Waals surface area contributed by atoms with Crippen LogP contribution in [-0.4, -0.2) is 77.0 Å². The molecule has 0 radical (unpaired) electrons. The SMILES string of the molecule is COS(=O)c1ccn(CCO)n1.COc1ccc(CN(Cc2ccc(OC)cc2)S(=O)c2ccn(CCO)n2)cc1. The number of aliphatic hydroxyl groups is 2. The first-order valence-electron chi connectivity index (χ1n) is 12.6. The molecular weight excluding hydrogens is 570 g/mol. The van der Waals surface area contributed by atoms with Crippen molar-refractivity contribution < 1.29 is 32.3 Å². The van der Waals surface area contributed by atoms with Crippen LogP contribution in [-0.2, 0) is 52.4 Å². The highest BCUT2D eigenvalue weighted by Gasteiger charge is 2.19. The standard InChI is InChI=1S/C21H25N3O4S.C6H10N2O3S/c1-27-19-7-3-17(4-8-19)15-24(16-18-5-9-20(28-2)10-6-18)29(26)21-11-12-23(22-21)13-14-25;1-11-12(10)6-2-3-8(7-6)4-5-9/h3-12,25H,13-16H2,1-2H3;2-3,9H,4-5H2,1H3. The van der Waals surface area contributed by atoms with E-state index in [2.05, 4.69) is 14.4 Å². The molecule has 2 N–H and O–H groups in total. The average Bonchev–Trinajstić information content (AvgIpc) is 3.68. The molecule has 12 nitrogen and oxygen atoms in total. The third-order valence-corrected chi connectivity index (χ3v) is 7.83. The maximum atomic E-state index is 13.3. The smallest absolute Gasteiger partial charge is 0.209 e. The molecule has 0 aliphatic heterocycles. The van der Waals surface area contributed by atoms with Crippen LogP contribution in [0, 0.1) is 0 Å². The van der Waals surface area contributed by atoms with Gasteiger partial charge in [-0.25, -0.2) is 12.7 Å². The first kappa shape index (κ1) is 32.1. The van der Waals surface area contributed by atoms with Crippen molar-refractivity contribution in [2.45, 2.75) is 36.2 Å². The lowest BCUT2D eigenvalue weighted by atomic mass is 10.2. The molecule has 2 aromatic carbocycles. The van der Waals surface area contributed by atoms with Gasteiger partial charge in [0.2, 0.25) is 11.1 Å². The minimum Gasteiger partial charge on any atom is -0.497 e. The summed E-state index contributed by atoms with van der Waals surface area (Å²) in [6, 6.07) is 18.7. The lowest BCUT2D eigenvalue weighted by molar-refractivity contribution is 0.268. The van der Waals surface area contributed by atoms with Crippen molar-refractivity contribution >= 4 is 22.1 Å². The van der Waals surface area contributed by atoms with Crippen LogP contribution in [0.4, 0.5) is 0 Å². The van der Waals surface area contributed by atoms with Gasteiger partial charge in [-0.15, -0.1) is 0 Å². The van der Waals surface area contributed by atoms with Gasteiger partial charge in [-0.3, -0.25) is 13.5 Å². The summed E-state index contributed by atoms with van der Waals surface area (Å²) in [6.07, 6.45) is 3.37. The van der Waals surface area contributed by atoms with E-state index in [0.717, 1.165) is 22.6 Å². The van der Waals surface area contributed by atoms with Gasteiger partial charge in [0.1, 0.15) is 22.5 Å². The van der Waals surface area contributed by atoms with Crippen molar-refractivity contribution in [1.82, 2.24) is 23.9 Å². The molecule has 41 heavy (non-hydrogen) atoms. The minimum atomic E-state index is -1.49. The number of benzene rings is 2. The van der Waals surface area contributed by atoms with Gasteiger partial charge in [-0.2, -0.15) is 10.2 Å². The molecule has 14 heteroatoms. The highest BCUT2D eigenvalue weighted by Crippen LogP contribution is 2.20. The number of methoxy groups -OCH3 is 2. The van der Waals surface area contributed by atoms with Crippen LogP contribution in [0.15, 0.2) is 83.1 Å². The molecule has 222 valence electrons. The van der Waals surface area contributed by atoms with Gasteiger partial charge < -0.3 is 19.7 Å². The van der Waals surface area contributed by atoms with Gasteiger partial charge >= 0.3 is 0 Å². The highest BCUT2D eigenvalue weighted by molar-refractivity contribution is 7.82. The maximum absolute atomic E-state index is 13.3. The van der Waals surface area contributed by atoms with E-state index in [1.165, 1.54) is 11.8 Å². The first-order valence-corrected chi connectivity index (χ1v) is 14.8. The fourth-order valence-electron chi connectivity index (χ4n) is 3.58. The average molecular weight is 606 g/mol. The molecule has 2 heterocycles. The minimum absolute atomic E-state index is 0.0146. The van der Waals surface area contributed by atoms with Crippen LogP contribution < -0.4 is 9.47 Å². The van der Waals surface area contributed by atoms with Crippen molar-refractivity contribution in [2.24, 2.45) is 0 Å².